The molecule has 0 spiro atoms. The molecular weight excluding hydrogens is 268 g/mol. The molecule has 2 rings (SSSR count). The Morgan fingerprint density at radius 1 is 1.29 bits per heavy atom. The topological polar surface area (TPSA) is 71.5 Å². The van der Waals surface area contributed by atoms with Crippen molar-refractivity contribution in [3.63, 3.8) is 0 Å². The van der Waals surface area contributed by atoms with Crippen LogP contribution in [0.1, 0.15) is 23.7 Å². The molecule has 5 nitrogen and oxygen atoms in total. The molecule has 0 aliphatic heterocycles. The first-order chi connectivity index (χ1) is 10.2. The van der Waals surface area contributed by atoms with E-state index in [1.807, 2.05) is 6.92 Å². The lowest BCUT2D eigenvalue weighted by molar-refractivity contribution is 0.0914. The van der Waals surface area contributed by atoms with Crippen molar-refractivity contribution in [3.8, 4) is 11.5 Å². The second-order valence-corrected chi connectivity index (χ2v) is 4.57. The Kier molecular flexibility index (Phi) is 5.29. The minimum atomic E-state index is -0.234. The zero-order valence-electron chi connectivity index (χ0n) is 11.8. The van der Waals surface area contributed by atoms with Gasteiger partial charge in [0.2, 0.25) is 0 Å². The smallest absolute Gasteiger partial charge is 0.251 e. The van der Waals surface area contributed by atoms with E-state index >= 15 is 0 Å². The summed E-state index contributed by atoms with van der Waals surface area (Å²) in [7, 11) is 0. The van der Waals surface area contributed by atoms with Crippen LogP contribution in [0.4, 0.5) is 0 Å². The number of aromatic nitrogens is 1. The van der Waals surface area contributed by atoms with Gasteiger partial charge in [0.15, 0.2) is 0 Å². The minimum Gasteiger partial charge on any atom is -0.457 e. The lowest BCUT2D eigenvalue weighted by Crippen LogP contribution is -2.36. The fourth-order valence-corrected chi connectivity index (χ4v) is 1.79. The molecule has 1 heterocycles. The number of carbonyl (C=O) groups is 1. The number of aliphatic hydroxyl groups excluding tert-OH is 1. The van der Waals surface area contributed by atoms with Crippen LogP contribution in [-0.2, 0) is 0 Å². The molecule has 0 aliphatic carbocycles. The first kappa shape index (κ1) is 15.0. The van der Waals surface area contributed by atoms with Gasteiger partial charge in [0.25, 0.3) is 5.91 Å². The molecule has 0 bridgehead atoms. The highest BCUT2D eigenvalue weighted by molar-refractivity contribution is 5.94. The van der Waals surface area contributed by atoms with E-state index in [0.29, 0.717) is 23.5 Å². The van der Waals surface area contributed by atoms with Gasteiger partial charge < -0.3 is 15.2 Å². The molecule has 1 atom stereocenters. The van der Waals surface area contributed by atoms with E-state index in [9.17, 15) is 4.79 Å². The summed E-state index contributed by atoms with van der Waals surface area (Å²) in [5, 5.41) is 11.9. The number of hydrogen-bond donors (Lipinski definition) is 2. The van der Waals surface area contributed by atoms with Crippen molar-refractivity contribution in [2.24, 2.45) is 0 Å². The number of pyridine rings is 1. The lowest BCUT2D eigenvalue weighted by Gasteiger charge is -2.14. The van der Waals surface area contributed by atoms with E-state index in [0.717, 1.165) is 0 Å². The van der Waals surface area contributed by atoms with Crippen LogP contribution >= 0.6 is 0 Å². The van der Waals surface area contributed by atoms with Crippen molar-refractivity contribution in [2.75, 3.05) is 6.61 Å². The van der Waals surface area contributed by atoms with Crippen molar-refractivity contribution in [1.29, 1.82) is 0 Å². The Hall–Kier alpha value is -2.40. The molecule has 1 aromatic carbocycles. The van der Waals surface area contributed by atoms with Gasteiger partial charge in [-0.3, -0.25) is 9.78 Å². The standard InChI is InChI=1S/C16H18N2O3/c1-2-13(11-19)18-16(20)12-4-3-5-15(10-12)21-14-6-8-17-9-7-14/h3-10,13,19H,2,11H2,1H3,(H,18,20). The summed E-state index contributed by atoms with van der Waals surface area (Å²) in [5.74, 6) is 1.01. The highest BCUT2D eigenvalue weighted by Crippen LogP contribution is 2.21. The predicted octanol–water partition coefficient (Wildman–Crippen LogP) is 2.37. The maximum absolute atomic E-state index is 12.1. The van der Waals surface area contributed by atoms with E-state index in [2.05, 4.69) is 10.3 Å². The highest BCUT2D eigenvalue weighted by atomic mass is 16.5. The highest BCUT2D eigenvalue weighted by Gasteiger charge is 2.12. The third kappa shape index (κ3) is 4.29. The second-order valence-electron chi connectivity index (χ2n) is 4.57. The number of carbonyl (C=O) groups excluding carboxylic acids is 1. The van der Waals surface area contributed by atoms with Crippen molar-refractivity contribution in [2.45, 2.75) is 19.4 Å². The fraction of sp³-hybridized carbons (Fsp3) is 0.250. The first-order valence-corrected chi connectivity index (χ1v) is 6.82. The molecule has 0 aliphatic rings. The summed E-state index contributed by atoms with van der Waals surface area (Å²) in [5.41, 5.74) is 0.494. The Balaban J connectivity index is 2.08. The summed E-state index contributed by atoms with van der Waals surface area (Å²) in [4.78, 5) is 16.0. The maximum Gasteiger partial charge on any atom is 0.251 e. The molecule has 0 saturated carbocycles. The van der Waals surface area contributed by atoms with Gasteiger partial charge in [0.05, 0.1) is 12.6 Å². The van der Waals surface area contributed by atoms with Gasteiger partial charge in [-0.1, -0.05) is 13.0 Å². The molecule has 0 saturated heterocycles. The number of ether oxygens (including phenoxy) is 1. The van der Waals surface area contributed by atoms with Crippen molar-refractivity contribution in [1.82, 2.24) is 10.3 Å². The summed E-state index contributed by atoms with van der Waals surface area (Å²) < 4.78 is 5.66. The average molecular weight is 286 g/mol. The molecule has 1 aromatic heterocycles. The van der Waals surface area contributed by atoms with Gasteiger partial charge in [-0.2, -0.15) is 0 Å². The van der Waals surface area contributed by atoms with Crippen LogP contribution in [0.25, 0.3) is 0 Å². The normalized spacial score (nSPS) is 11.7. The molecule has 1 unspecified atom stereocenters. The third-order valence-electron chi connectivity index (χ3n) is 3.03. The van der Waals surface area contributed by atoms with Gasteiger partial charge in [-0.05, 0) is 36.8 Å². The predicted molar refractivity (Wildman–Crippen MR) is 79.4 cm³/mol. The van der Waals surface area contributed by atoms with E-state index in [1.165, 1.54) is 0 Å². The minimum absolute atomic E-state index is 0.0740. The molecule has 0 radical (unpaired) electrons. The zero-order chi connectivity index (χ0) is 15.1. The number of amides is 1. The van der Waals surface area contributed by atoms with E-state index < -0.39 is 0 Å². The molecule has 5 heteroatoms. The first-order valence-electron chi connectivity index (χ1n) is 6.82. The average Bonchev–Trinajstić information content (AvgIpc) is 2.53. The van der Waals surface area contributed by atoms with E-state index in [1.54, 1.807) is 48.8 Å². The third-order valence-corrected chi connectivity index (χ3v) is 3.03. The van der Waals surface area contributed by atoms with Crippen molar-refractivity contribution < 1.29 is 14.6 Å². The molecule has 21 heavy (non-hydrogen) atoms. The Morgan fingerprint density at radius 2 is 2.05 bits per heavy atom. The van der Waals surface area contributed by atoms with Crippen molar-refractivity contribution >= 4 is 5.91 Å². The van der Waals surface area contributed by atoms with Crippen LogP contribution in [-0.4, -0.2) is 28.6 Å². The molecular formula is C16H18N2O3. The Bertz CT molecular complexity index is 583. The monoisotopic (exact) mass is 286 g/mol. The molecule has 1 amide bonds. The summed E-state index contributed by atoms with van der Waals surface area (Å²) in [6, 6.07) is 10.2. The van der Waals surface area contributed by atoms with Crippen molar-refractivity contribution in [3.05, 3.63) is 54.4 Å². The Labute approximate surface area is 123 Å². The number of rotatable bonds is 6. The van der Waals surface area contributed by atoms with Crippen LogP contribution in [0, 0.1) is 0 Å². The number of aliphatic hydroxyl groups is 1. The fourth-order valence-electron chi connectivity index (χ4n) is 1.79. The summed E-state index contributed by atoms with van der Waals surface area (Å²) >= 11 is 0. The second kappa shape index (κ2) is 7.40. The number of benzene rings is 1. The molecule has 2 N–H and O–H groups in total. The molecule has 110 valence electrons. The van der Waals surface area contributed by atoms with E-state index in [-0.39, 0.29) is 18.6 Å². The largest absolute Gasteiger partial charge is 0.457 e. The van der Waals surface area contributed by atoms with Crippen LogP contribution in [0.5, 0.6) is 11.5 Å². The van der Waals surface area contributed by atoms with Crippen LogP contribution < -0.4 is 10.1 Å². The van der Waals surface area contributed by atoms with Gasteiger partial charge in [-0.25, -0.2) is 0 Å². The number of hydrogen-bond acceptors (Lipinski definition) is 4. The molecule has 2 aromatic rings. The van der Waals surface area contributed by atoms with Crippen LogP contribution in [0.3, 0.4) is 0 Å². The summed E-state index contributed by atoms with van der Waals surface area (Å²) in [6.07, 6.45) is 3.95. The molecule has 0 fully saturated rings. The zero-order valence-corrected chi connectivity index (χ0v) is 11.8. The van der Waals surface area contributed by atoms with Crippen LogP contribution in [0.2, 0.25) is 0 Å². The van der Waals surface area contributed by atoms with E-state index in [4.69, 9.17) is 9.84 Å². The Morgan fingerprint density at radius 3 is 2.71 bits per heavy atom. The number of nitrogens with one attached hydrogen (secondary N) is 1. The SMILES string of the molecule is CCC(CO)NC(=O)c1cccc(Oc2ccncc2)c1. The van der Waals surface area contributed by atoms with Gasteiger partial charge >= 0.3 is 0 Å². The summed E-state index contributed by atoms with van der Waals surface area (Å²) in [6.45, 7) is 1.83. The number of nitrogens with zero attached hydrogens (tertiary/aromatic N) is 1. The van der Waals surface area contributed by atoms with Crippen LogP contribution in [0.15, 0.2) is 48.8 Å². The maximum atomic E-state index is 12.1. The quantitative estimate of drug-likeness (QED) is 0.855. The lowest BCUT2D eigenvalue weighted by atomic mass is 10.1. The van der Waals surface area contributed by atoms with Gasteiger partial charge in [0.1, 0.15) is 11.5 Å². The van der Waals surface area contributed by atoms with Gasteiger partial charge in [-0.15, -0.1) is 0 Å². The van der Waals surface area contributed by atoms with Gasteiger partial charge in [0, 0.05) is 18.0 Å².